The minimum Gasteiger partial charge on any atom is -0.490 e. The zero-order valence-electron chi connectivity index (χ0n) is 16.7. The van der Waals surface area contributed by atoms with Crippen molar-refractivity contribution in [1.29, 1.82) is 0 Å². The van der Waals surface area contributed by atoms with Crippen LogP contribution < -0.4 is 10.3 Å². The molecule has 0 spiro atoms. The largest absolute Gasteiger partial charge is 0.490 e. The predicted octanol–water partition coefficient (Wildman–Crippen LogP) is 2.48. The molecule has 7 heteroatoms. The Balaban J connectivity index is 1.37. The summed E-state index contributed by atoms with van der Waals surface area (Å²) in [5, 5.41) is 8.42. The zero-order chi connectivity index (χ0) is 20.4. The van der Waals surface area contributed by atoms with E-state index in [1.807, 2.05) is 13.8 Å². The van der Waals surface area contributed by atoms with Gasteiger partial charge in [0.05, 0.1) is 5.39 Å². The number of carbonyl (C=O) groups excluding carboxylic acids is 1. The summed E-state index contributed by atoms with van der Waals surface area (Å²) in [4.78, 5) is 27.0. The first-order chi connectivity index (χ1) is 14.0. The summed E-state index contributed by atoms with van der Waals surface area (Å²) in [5.74, 6) is 0.787. The lowest BCUT2D eigenvalue weighted by Gasteiger charge is -2.32. The number of aromatic nitrogens is 3. The van der Waals surface area contributed by atoms with Crippen LogP contribution >= 0.6 is 0 Å². The highest BCUT2D eigenvalue weighted by Gasteiger charge is 2.25. The molecule has 0 N–H and O–H groups in total. The van der Waals surface area contributed by atoms with Crippen LogP contribution in [0.15, 0.2) is 47.3 Å². The Hall–Kier alpha value is -3.22. The van der Waals surface area contributed by atoms with Gasteiger partial charge in [0.25, 0.3) is 5.56 Å². The summed E-state index contributed by atoms with van der Waals surface area (Å²) in [6.45, 7) is 5.19. The maximum Gasteiger partial charge on any atom is 0.278 e. The quantitative estimate of drug-likeness (QED) is 0.682. The molecule has 2 heterocycles. The fraction of sp³-hybridized carbons (Fsp3) is 0.364. The third-order valence-electron chi connectivity index (χ3n) is 5.35. The SMILES string of the molecule is Cc1ccc(C)c(OC2CCN(C(=O)Cn3nnc4ccccc4c3=O)CC2)c1. The molecule has 3 aromatic rings. The summed E-state index contributed by atoms with van der Waals surface area (Å²) in [6.07, 6.45) is 1.61. The number of carbonyl (C=O) groups is 1. The number of piperidine rings is 1. The van der Waals surface area contributed by atoms with Crippen LogP contribution in [-0.2, 0) is 11.3 Å². The summed E-state index contributed by atoms with van der Waals surface area (Å²) < 4.78 is 7.31. The third kappa shape index (κ3) is 4.13. The Morgan fingerprint density at radius 3 is 2.69 bits per heavy atom. The fourth-order valence-electron chi connectivity index (χ4n) is 3.59. The van der Waals surface area contributed by atoms with Crippen molar-refractivity contribution >= 4 is 16.8 Å². The summed E-state index contributed by atoms with van der Waals surface area (Å²) in [6, 6.07) is 13.2. The highest BCUT2D eigenvalue weighted by atomic mass is 16.5. The van der Waals surface area contributed by atoms with Gasteiger partial charge >= 0.3 is 0 Å². The number of benzene rings is 2. The molecule has 1 aliphatic heterocycles. The van der Waals surface area contributed by atoms with Crippen LogP contribution in [0.3, 0.4) is 0 Å². The zero-order valence-corrected chi connectivity index (χ0v) is 16.7. The first-order valence-electron chi connectivity index (χ1n) is 9.85. The Bertz CT molecular complexity index is 1100. The first kappa shape index (κ1) is 19.1. The van der Waals surface area contributed by atoms with Crippen molar-refractivity contribution in [3.63, 3.8) is 0 Å². The van der Waals surface area contributed by atoms with Crippen molar-refractivity contribution in [2.24, 2.45) is 0 Å². The van der Waals surface area contributed by atoms with Crippen LogP contribution in [0.2, 0.25) is 0 Å². The minimum atomic E-state index is -0.294. The lowest BCUT2D eigenvalue weighted by Crippen LogP contribution is -2.44. The van der Waals surface area contributed by atoms with Gasteiger partial charge in [-0.2, -0.15) is 0 Å². The van der Waals surface area contributed by atoms with Gasteiger partial charge in [0.1, 0.15) is 23.9 Å². The van der Waals surface area contributed by atoms with Crippen molar-refractivity contribution < 1.29 is 9.53 Å². The molecule has 1 saturated heterocycles. The number of fused-ring (bicyclic) bond motifs is 1. The molecule has 1 aliphatic rings. The Morgan fingerprint density at radius 1 is 1.14 bits per heavy atom. The molecule has 0 unspecified atom stereocenters. The van der Waals surface area contributed by atoms with Crippen molar-refractivity contribution in [2.45, 2.75) is 39.3 Å². The monoisotopic (exact) mass is 392 g/mol. The van der Waals surface area contributed by atoms with E-state index in [2.05, 4.69) is 28.5 Å². The molecule has 0 bridgehead atoms. The second kappa shape index (κ2) is 8.03. The second-order valence-electron chi connectivity index (χ2n) is 7.54. The highest BCUT2D eigenvalue weighted by Crippen LogP contribution is 2.24. The van der Waals surface area contributed by atoms with E-state index in [0.717, 1.165) is 28.8 Å². The van der Waals surface area contributed by atoms with E-state index < -0.39 is 0 Å². The van der Waals surface area contributed by atoms with E-state index in [4.69, 9.17) is 4.74 Å². The highest BCUT2D eigenvalue weighted by molar-refractivity contribution is 5.78. The van der Waals surface area contributed by atoms with Gasteiger partial charge in [-0.15, -0.1) is 5.10 Å². The molecular formula is C22H24N4O3. The maximum absolute atomic E-state index is 12.7. The molecule has 0 aliphatic carbocycles. The summed E-state index contributed by atoms with van der Waals surface area (Å²) in [7, 11) is 0. The number of likely N-dealkylation sites (tertiary alicyclic amines) is 1. The number of ether oxygens (including phenoxy) is 1. The van der Waals surface area contributed by atoms with Crippen molar-refractivity contribution in [1.82, 2.24) is 19.9 Å². The lowest BCUT2D eigenvalue weighted by molar-refractivity contribution is -0.133. The number of hydrogen-bond acceptors (Lipinski definition) is 5. The molecule has 0 radical (unpaired) electrons. The Morgan fingerprint density at radius 2 is 1.90 bits per heavy atom. The lowest BCUT2D eigenvalue weighted by atomic mass is 10.1. The molecule has 7 nitrogen and oxygen atoms in total. The molecule has 0 atom stereocenters. The topological polar surface area (TPSA) is 77.3 Å². The Labute approximate surface area is 168 Å². The fourth-order valence-corrected chi connectivity index (χ4v) is 3.59. The molecule has 150 valence electrons. The average Bonchev–Trinajstić information content (AvgIpc) is 2.73. The predicted molar refractivity (Wildman–Crippen MR) is 110 cm³/mol. The van der Waals surface area contributed by atoms with E-state index in [-0.39, 0.29) is 24.1 Å². The van der Waals surface area contributed by atoms with Gasteiger partial charge in [-0.05, 0) is 43.2 Å². The average molecular weight is 392 g/mol. The molecule has 4 rings (SSSR count). The standard InChI is InChI=1S/C22H24N4O3/c1-15-7-8-16(2)20(13-15)29-17-9-11-25(12-10-17)21(27)14-26-22(28)18-5-3-4-6-19(18)23-24-26/h3-8,13,17H,9-12,14H2,1-2H3. The molecule has 29 heavy (non-hydrogen) atoms. The number of aryl methyl sites for hydroxylation is 2. The normalized spacial score (nSPS) is 14.9. The van der Waals surface area contributed by atoms with Crippen LogP contribution in [0.4, 0.5) is 0 Å². The summed E-state index contributed by atoms with van der Waals surface area (Å²) in [5.41, 5.74) is 2.52. The van der Waals surface area contributed by atoms with Crippen molar-refractivity contribution in [3.05, 3.63) is 63.9 Å². The molecule has 1 fully saturated rings. The Kier molecular flexibility index (Phi) is 5.29. The number of amides is 1. The van der Waals surface area contributed by atoms with Gasteiger partial charge in [-0.25, -0.2) is 4.68 Å². The van der Waals surface area contributed by atoms with Crippen molar-refractivity contribution in [2.75, 3.05) is 13.1 Å². The maximum atomic E-state index is 12.7. The van der Waals surface area contributed by atoms with Gasteiger partial charge in [0.15, 0.2) is 0 Å². The number of nitrogens with zero attached hydrogens (tertiary/aromatic N) is 4. The number of rotatable bonds is 4. The number of hydrogen-bond donors (Lipinski definition) is 0. The molecule has 0 saturated carbocycles. The minimum absolute atomic E-state index is 0.0859. The van der Waals surface area contributed by atoms with E-state index in [1.165, 1.54) is 5.56 Å². The van der Waals surface area contributed by atoms with Gasteiger partial charge in [-0.1, -0.05) is 29.5 Å². The third-order valence-corrected chi connectivity index (χ3v) is 5.35. The molecular weight excluding hydrogens is 368 g/mol. The molecule has 2 aromatic carbocycles. The first-order valence-corrected chi connectivity index (χ1v) is 9.85. The van der Waals surface area contributed by atoms with Gasteiger partial charge in [-0.3, -0.25) is 9.59 Å². The van der Waals surface area contributed by atoms with E-state index >= 15 is 0 Å². The molecule has 1 aromatic heterocycles. The van der Waals surface area contributed by atoms with Crippen LogP contribution in [0.25, 0.3) is 10.9 Å². The van der Waals surface area contributed by atoms with E-state index in [1.54, 1.807) is 29.2 Å². The van der Waals surface area contributed by atoms with Crippen LogP contribution in [0.1, 0.15) is 24.0 Å². The van der Waals surface area contributed by atoms with Crippen LogP contribution in [0.5, 0.6) is 5.75 Å². The van der Waals surface area contributed by atoms with Crippen LogP contribution in [-0.4, -0.2) is 45.0 Å². The second-order valence-corrected chi connectivity index (χ2v) is 7.54. The van der Waals surface area contributed by atoms with Gasteiger partial charge in [0, 0.05) is 25.9 Å². The molecule has 1 amide bonds. The van der Waals surface area contributed by atoms with Gasteiger partial charge < -0.3 is 9.64 Å². The van der Waals surface area contributed by atoms with Crippen molar-refractivity contribution in [3.8, 4) is 5.75 Å². The summed E-state index contributed by atoms with van der Waals surface area (Å²) >= 11 is 0. The van der Waals surface area contributed by atoms with E-state index in [9.17, 15) is 9.59 Å². The van der Waals surface area contributed by atoms with Crippen LogP contribution in [0, 0.1) is 13.8 Å². The van der Waals surface area contributed by atoms with Gasteiger partial charge in [0.2, 0.25) is 5.91 Å². The van der Waals surface area contributed by atoms with E-state index in [0.29, 0.717) is 24.0 Å². The smallest absolute Gasteiger partial charge is 0.278 e.